The van der Waals surface area contributed by atoms with Gasteiger partial charge in [-0.1, -0.05) is 29.8 Å². The number of rotatable bonds is 10. The predicted molar refractivity (Wildman–Crippen MR) is 111 cm³/mol. The van der Waals surface area contributed by atoms with Crippen molar-refractivity contribution in [2.24, 2.45) is 5.10 Å². The summed E-state index contributed by atoms with van der Waals surface area (Å²) in [6, 6.07) is 11.4. The van der Waals surface area contributed by atoms with E-state index < -0.39 is 0 Å². The lowest BCUT2D eigenvalue weighted by Crippen LogP contribution is -2.12. The third-order valence-corrected chi connectivity index (χ3v) is 3.93. The highest BCUT2D eigenvalue weighted by molar-refractivity contribution is 6.32. The van der Waals surface area contributed by atoms with Crippen LogP contribution in [0.1, 0.15) is 31.4 Å². The van der Waals surface area contributed by atoms with Crippen molar-refractivity contribution >= 4 is 23.7 Å². The molecule has 0 saturated heterocycles. The van der Waals surface area contributed by atoms with Gasteiger partial charge < -0.3 is 14.2 Å². The summed E-state index contributed by atoms with van der Waals surface area (Å²) in [6.07, 6.45) is 2.19. The van der Waals surface area contributed by atoms with E-state index in [-0.39, 0.29) is 5.91 Å². The molecule has 0 aromatic heterocycles. The minimum absolute atomic E-state index is 0.250. The number of hydrogen-bond acceptors (Lipinski definition) is 5. The maximum Gasteiger partial charge on any atom is 0.236 e. The average molecular weight is 405 g/mol. The summed E-state index contributed by atoms with van der Waals surface area (Å²) in [4.78, 5) is 10.9. The van der Waals surface area contributed by atoms with Gasteiger partial charge in [-0.3, -0.25) is 4.79 Å². The quantitative estimate of drug-likeness (QED) is 0.363. The number of nitrogens with one attached hydrogen (secondary N) is 1. The number of carbonyl (C=O) groups excluding carboxylic acids is 1. The van der Waals surface area contributed by atoms with Crippen LogP contribution in [0.4, 0.5) is 0 Å². The Morgan fingerprint density at radius 2 is 1.89 bits per heavy atom. The Morgan fingerprint density at radius 3 is 2.61 bits per heavy atom. The summed E-state index contributed by atoms with van der Waals surface area (Å²) < 4.78 is 17.2. The lowest BCUT2D eigenvalue weighted by atomic mass is 10.2. The van der Waals surface area contributed by atoms with Gasteiger partial charge in [0.15, 0.2) is 11.5 Å². The zero-order chi connectivity index (χ0) is 20.4. The van der Waals surface area contributed by atoms with Crippen molar-refractivity contribution in [2.75, 3.05) is 19.8 Å². The van der Waals surface area contributed by atoms with Gasteiger partial charge >= 0.3 is 0 Å². The fraction of sp³-hybridized carbons (Fsp3) is 0.333. The van der Waals surface area contributed by atoms with Crippen LogP contribution in [-0.2, 0) is 4.79 Å². The zero-order valence-corrected chi connectivity index (χ0v) is 17.1. The van der Waals surface area contributed by atoms with Crippen LogP contribution in [0.3, 0.4) is 0 Å². The topological polar surface area (TPSA) is 69.2 Å². The van der Waals surface area contributed by atoms with Gasteiger partial charge in [0.2, 0.25) is 5.91 Å². The normalized spacial score (nSPS) is 10.7. The van der Waals surface area contributed by atoms with Crippen molar-refractivity contribution in [1.29, 1.82) is 0 Å². The number of aryl methyl sites for hydroxylation is 1. The highest BCUT2D eigenvalue weighted by atomic mass is 35.5. The van der Waals surface area contributed by atoms with Crippen molar-refractivity contribution in [3.63, 3.8) is 0 Å². The second-order valence-corrected chi connectivity index (χ2v) is 6.41. The monoisotopic (exact) mass is 404 g/mol. The van der Waals surface area contributed by atoms with E-state index in [1.165, 1.54) is 13.1 Å². The van der Waals surface area contributed by atoms with Gasteiger partial charge in [-0.2, -0.15) is 5.10 Å². The molecule has 0 aliphatic carbocycles. The fourth-order valence-electron chi connectivity index (χ4n) is 2.40. The Labute approximate surface area is 170 Å². The van der Waals surface area contributed by atoms with E-state index in [1.54, 1.807) is 12.1 Å². The highest BCUT2D eigenvalue weighted by Gasteiger charge is 2.12. The summed E-state index contributed by atoms with van der Waals surface area (Å²) in [6.45, 7) is 6.71. The van der Waals surface area contributed by atoms with Crippen LogP contribution in [0.15, 0.2) is 41.5 Å². The molecule has 28 heavy (non-hydrogen) atoms. The van der Waals surface area contributed by atoms with Gasteiger partial charge in [-0.05, 0) is 43.2 Å². The van der Waals surface area contributed by atoms with Crippen molar-refractivity contribution in [3.8, 4) is 17.2 Å². The molecule has 6 nitrogen and oxygen atoms in total. The van der Waals surface area contributed by atoms with E-state index in [9.17, 15) is 4.79 Å². The molecule has 0 aliphatic heterocycles. The van der Waals surface area contributed by atoms with Crippen LogP contribution in [0.25, 0.3) is 0 Å². The Kier molecular flexibility index (Phi) is 8.62. The number of hydrazone groups is 1. The van der Waals surface area contributed by atoms with Crippen molar-refractivity contribution < 1.29 is 19.0 Å². The molecular weight excluding hydrogens is 380 g/mol. The number of amides is 1. The van der Waals surface area contributed by atoms with Gasteiger partial charge in [-0.15, -0.1) is 0 Å². The SMILES string of the molecule is CCOc1cc(/C=N\NC(C)=O)cc(Cl)c1OCCCOc1ccccc1C. The molecule has 0 spiro atoms. The highest BCUT2D eigenvalue weighted by Crippen LogP contribution is 2.36. The van der Waals surface area contributed by atoms with Gasteiger partial charge in [-0.25, -0.2) is 5.43 Å². The Hall–Kier alpha value is -2.73. The third kappa shape index (κ3) is 6.78. The standard InChI is InChI=1S/C21H25ClN2O4/c1-4-26-20-13-17(14-23-24-16(3)25)12-18(22)21(20)28-11-7-10-27-19-9-6-5-8-15(19)2/h5-6,8-9,12-14H,4,7,10-11H2,1-3H3,(H,24,25)/b23-14-. The summed E-state index contributed by atoms with van der Waals surface area (Å²) in [5, 5.41) is 4.25. The number of carbonyl (C=O) groups is 1. The first-order chi connectivity index (χ1) is 13.5. The molecule has 0 bridgehead atoms. The van der Waals surface area contributed by atoms with Crippen LogP contribution in [0.5, 0.6) is 17.2 Å². The molecule has 2 aromatic rings. The molecule has 0 atom stereocenters. The Balaban J connectivity index is 1.95. The Bertz CT molecular complexity index is 824. The lowest BCUT2D eigenvalue weighted by Gasteiger charge is -2.15. The first-order valence-corrected chi connectivity index (χ1v) is 9.46. The maximum absolute atomic E-state index is 10.9. The van der Waals surface area contributed by atoms with E-state index in [1.807, 2.05) is 38.1 Å². The number of ether oxygens (including phenoxy) is 3. The molecule has 1 N–H and O–H groups in total. The van der Waals surface area contributed by atoms with Crippen molar-refractivity contribution in [3.05, 3.63) is 52.5 Å². The van der Waals surface area contributed by atoms with E-state index in [0.717, 1.165) is 11.3 Å². The average Bonchev–Trinajstić information content (AvgIpc) is 2.64. The van der Waals surface area contributed by atoms with Gasteiger partial charge in [0, 0.05) is 13.3 Å². The largest absolute Gasteiger partial charge is 0.493 e. The first-order valence-electron chi connectivity index (χ1n) is 9.08. The van der Waals surface area contributed by atoms with Gasteiger partial charge in [0.05, 0.1) is 31.1 Å². The summed E-state index contributed by atoms with van der Waals surface area (Å²) >= 11 is 6.36. The van der Waals surface area contributed by atoms with Crippen LogP contribution >= 0.6 is 11.6 Å². The molecule has 0 unspecified atom stereocenters. The van der Waals surface area contributed by atoms with Crippen molar-refractivity contribution in [1.82, 2.24) is 5.43 Å². The molecule has 1 amide bonds. The molecule has 0 radical (unpaired) electrons. The molecule has 0 fully saturated rings. The van der Waals surface area contributed by atoms with Crippen LogP contribution in [0.2, 0.25) is 5.02 Å². The van der Waals surface area contributed by atoms with E-state index in [4.69, 9.17) is 25.8 Å². The fourth-order valence-corrected chi connectivity index (χ4v) is 2.67. The lowest BCUT2D eigenvalue weighted by molar-refractivity contribution is -0.118. The number of nitrogens with zero attached hydrogens (tertiary/aromatic N) is 1. The number of benzene rings is 2. The van der Waals surface area contributed by atoms with Crippen LogP contribution in [0, 0.1) is 6.92 Å². The second kappa shape index (κ2) is 11.2. The molecule has 150 valence electrons. The van der Waals surface area contributed by atoms with Gasteiger partial charge in [0.1, 0.15) is 5.75 Å². The number of para-hydroxylation sites is 1. The smallest absolute Gasteiger partial charge is 0.236 e. The van der Waals surface area contributed by atoms with E-state index in [2.05, 4.69) is 10.5 Å². The molecule has 0 heterocycles. The van der Waals surface area contributed by atoms with Crippen LogP contribution in [-0.4, -0.2) is 31.9 Å². The minimum Gasteiger partial charge on any atom is -0.493 e. The summed E-state index contributed by atoms with van der Waals surface area (Å²) in [7, 11) is 0. The maximum atomic E-state index is 10.9. The molecule has 2 aromatic carbocycles. The molecule has 2 rings (SSSR count). The van der Waals surface area contributed by atoms with Crippen molar-refractivity contribution in [2.45, 2.75) is 27.2 Å². The minimum atomic E-state index is -0.250. The van der Waals surface area contributed by atoms with Gasteiger partial charge in [0.25, 0.3) is 0 Å². The van der Waals surface area contributed by atoms with Crippen LogP contribution < -0.4 is 19.6 Å². The Morgan fingerprint density at radius 1 is 1.14 bits per heavy atom. The number of halogens is 1. The third-order valence-electron chi connectivity index (χ3n) is 3.65. The first kappa shape index (κ1) is 21.6. The molecule has 0 saturated carbocycles. The molecule has 7 heteroatoms. The molecule has 0 aliphatic rings. The molecular formula is C21H25ClN2O4. The summed E-state index contributed by atoms with van der Waals surface area (Å²) in [5.74, 6) is 1.63. The van der Waals surface area contributed by atoms with E-state index >= 15 is 0 Å². The number of hydrogen-bond donors (Lipinski definition) is 1. The van der Waals surface area contributed by atoms with E-state index in [0.29, 0.717) is 48.3 Å². The summed E-state index contributed by atoms with van der Waals surface area (Å²) in [5.41, 5.74) is 4.14. The predicted octanol–water partition coefficient (Wildman–Crippen LogP) is 4.37. The second-order valence-electron chi connectivity index (χ2n) is 6.01. The zero-order valence-electron chi connectivity index (χ0n) is 16.3.